The molecule has 1 N–H and O–H groups in total. The topological polar surface area (TPSA) is 127 Å². The largest absolute Gasteiger partial charge is 0.458 e. The van der Waals surface area contributed by atoms with Crippen LogP contribution in [-0.4, -0.2) is 47.5 Å². The van der Waals surface area contributed by atoms with Crippen LogP contribution in [0.15, 0.2) is 57.9 Å². The minimum atomic E-state index is -0.492. The lowest BCUT2D eigenvalue weighted by atomic mass is 9.95. The van der Waals surface area contributed by atoms with E-state index in [4.69, 9.17) is 8.83 Å². The van der Waals surface area contributed by atoms with Crippen molar-refractivity contribution in [1.29, 1.82) is 0 Å². The van der Waals surface area contributed by atoms with Gasteiger partial charge >= 0.3 is 11.8 Å². The first kappa shape index (κ1) is 19.2. The van der Waals surface area contributed by atoms with Crippen molar-refractivity contribution in [3.8, 4) is 11.7 Å². The van der Waals surface area contributed by atoms with Crippen LogP contribution in [0.5, 0.6) is 0 Å². The molecule has 1 aliphatic heterocycles. The van der Waals surface area contributed by atoms with Gasteiger partial charge in [-0.05, 0) is 30.9 Å². The number of amides is 1. The van der Waals surface area contributed by atoms with E-state index < -0.39 is 6.04 Å². The molecule has 5 aromatic rings. The number of imidazole rings is 1. The van der Waals surface area contributed by atoms with Gasteiger partial charge in [-0.15, -0.1) is 10.2 Å². The van der Waals surface area contributed by atoms with E-state index in [0.29, 0.717) is 18.9 Å². The summed E-state index contributed by atoms with van der Waals surface area (Å²) in [6.45, 7) is 0.458. The standard InChI is InChI=1S/C24H19N7O3/c32-24(23-30-29-22(34-23)21-25-9-3-10-26-21)31-11-8-15-18(28-12-27-15)19(31)20-17(13-6-7-13)14-4-1-2-5-16(14)33-20/h1-5,9-10,12-13,19H,6-8,11H2,(H,27,28)/t19-/m0/s1. The van der Waals surface area contributed by atoms with E-state index >= 15 is 0 Å². The molecular weight excluding hydrogens is 434 g/mol. The number of hydrogen-bond acceptors (Lipinski definition) is 8. The summed E-state index contributed by atoms with van der Waals surface area (Å²) in [5.74, 6) is 1.06. The zero-order valence-corrected chi connectivity index (χ0v) is 18.0. The van der Waals surface area contributed by atoms with Gasteiger partial charge in [0.2, 0.25) is 5.82 Å². The number of H-pyrrole nitrogens is 1. The molecule has 10 nitrogen and oxygen atoms in total. The number of fused-ring (bicyclic) bond motifs is 2. The Morgan fingerprint density at radius 2 is 1.88 bits per heavy atom. The van der Waals surface area contributed by atoms with Crippen molar-refractivity contribution >= 4 is 16.9 Å². The van der Waals surface area contributed by atoms with E-state index in [0.717, 1.165) is 46.5 Å². The van der Waals surface area contributed by atoms with Crippen LogP contribution in [0.4, 0.5) is 0 Å². The SMILES string of the molecule is O=C(c1nnc(-c2ncccn2)o1)N1CCc2[nH]cnc2[C@H]1c1oc2ccccc2c1C1CC1. The summed E-state index contributed by atoms with van der Waals surface area (Å²) < 4.78 is 12.1. The molecule has 1 aromatic carbocycles. The fraction of sp³-hybridized carbons (Fsp3) is 0.250. The number of nitrogens with zero attached hydrogens (tertiary/aromatic N) is 6. The molecule has 0 saturated heterocycles. The lowest BCUT2D eigenvalue weighted by Crippen LogP contribution is -2.41. The average Bonchev–Trinajstić information content (AvgIpc) is 3.27. The molecule has 1 atom stereocenters. The van der Waals surface area contributed by atoms with Gasteiger partial charge < -0.3 is 18.7 Å². The highest BCUT2D eigenvalue weighted by molar-refractivity contribution is 5.91. The maximum Gasteiger partial charge on any atom is 0.312 e. The second-order valence-electron chi connectivity index (χ2n) is 8.55. The van der Waals surface area contributed by atoms with Crippen LogP contribution in [0, 0.1) is 0 Å². The summed E-state index contributed by atoms with van der Waals surface area (Å²) in [5, 5.41) is 9.09. The van der Waals surface area contributed by atoms with Crippen molar-refractivity contribution in [1.82, 2.24) is 35.0 Å². The van der Waals surface area contributed by atoms with Gasteiger partial charge in [-0.1, -0.05) is 18.2 Å². The maximum atomic E-state index is 13.7. The van der Waals surface area contributed by atoms with E-state index in [1.165, 1.54) is 0 Å². The lowest BCUT2D eigenvalue weighted by Gasteiger charge is -2.33. The van der Waals surface area contributed by atoms with Crippen molar-refractivity contribution in [2.45, 2.75) is 31.2 Å². The highest BCUT2D eigenvalue weighted by atomic mass is 16.4. The van der Waals surface area contributed by atoms with Gasteiger partial charge in [0.15, 0.2) is 0 Å². The van der Waals surface area contributed by atoms with E-state index in [-0.39, 0.29) is 23.5 Å². The quantitative estimate of drug-likeness (QED) is 0.437. The van der Waals surface area contributed by atoms with Crippen molar-refractivity contribution in [2.75, 3.05) is 6.54 Å². The smallest absolute Gasteiger partial charge is 0.312 e. The first-order valence-corrected chi connectivity index (χ1v) is 11.2. The molecule has 1 aliphatic carbocycles. The summed E-state index contributed by atoms with van der Waals surface area (Å²) in [6, 6.07) is 9.23. The van der Waals surface area contributed by atoms with Gasteiger partial charge in [0.1, 0.15) is 17.4 Å². The fourth-order valence-electron chi connectivity index (χ4n) is 4.77. The maximum absolute atomic E-state index is 13.7. The molecule has 10 heteroatoms. The number of carbonyl (C=O) groups is 1. The van der Waals surface area contributed by atoms with E-state index in [1.54, 1.807) is 29.7 Å². The minimum Gasteiger partial charge on any atom is -0.458 e. The summed E-state index contributed by atoms with van der Waals surface area (Å²) in [4.78, 5) is 31.5. The zero-order chi connectivity index (χ0) is 22.6. The average molecular weight is 453 g/mol. The Kier molecular flexibility index (Phi) is 4.14. The van der Waals surface area contributed by atoms with Gasteiger partial charge in [-0.25, -0.2) is 15.0 Å². The van der Waals surface area contributed by atoms with Crippen LogP contribution >= 0.6 is 0 Å². The van der Waals surface area contributed by atoms with Crippen LogP contribution in [0.1, 0.15) is 58.2 Å². The Hall–Kier alpha value is -4.34. The highest BCUT2D eigenvalue weighted by Crippen LogP contribution is 2.50. The van der Waals surface area contributed by atoms with E-state index in [9.17, 15) is 4.79 Å². The van der Waals surface area contributed by atoms with Gasteiger partial charge in [0.05, 0.1) is 12.0 Å². The number of aromatic amines is 1. The molecule has 0 bridgehead atoms. The number of carbonyl (C=O) groups excluding carboxylic acids is 1. The molecule has 2 aliphatic rings. The Bertz CT molecular complexity index is 1520. The number of para-hydroxylation sites is 1. The zero-order valence-electron chi connectivity index (χ0n) is 18.0. The summed E-state index contributed by atoms with van der Waals surface area (Å²) in [5.41, 5.74) is 3.76. The molecule has 0 unspecified atom stereocenters. The number of benzene rings is 1. The van der Waals surface area contributed by atoms with Crippen molar-refractivity contribution in [3.05, 3.63) is 77.7 Å². The van der Waals surface area contributed by atoms with Crippen LogP contribution in [0.25, 0.3) is 22.7 Å². The third-order valence-electron chi connectivity index (χ3n) is 6.45. The fourth-order valence-corrected chi connectivity index (χ4v) is 4.77. The summed E-state index contributed by atoms with van der Waals surface area (Å²) in [7, 11) is 0. The van der Waals surface area contributed by atoms with Gasteiger partial charge in [-0.2, -0.15) is 0 Å². The molecule has 0 radical (unpaired) electrons. The molecule has 0 spiro atoms. The third-order valence-corrected chi connectivity index (χ3v) is 6.45. The monoisotopic (exact) mass is 453 g/mol. The summed E-state index contributed by atoms with van der Waals surface area (Å²) >= 11 is 0. The molecule has 1 fully saturated rings. The number of nitrogens with one attached hydrogen (secondary N) is 1. The van der Waals surface area contributed by atoms with Crippen LogP contribution < -0.4 is 0 Å². The van der Waals surface area contributed by atoms with E-state index in [2.05, 4.69) is 36.2 Å². The molecule has 7 rings (SSSR count). The van der Waals surface area contributed by atoms with Gasteiger partial charge in [0.25, 0.3) is 5.89 Å². The third kappa shape index (κ3) is 2.95. The van der Waals surface area contributed by atoms with Crippen LogP contribution in [-0.2, 0) is 6.42 Å². The molecule has 4 aromatic heterocycles. The van der Waals surface area contributed by atoms with Gasteiger partial charge in [0, 0.05) is 42.0 Å². The van der Waals surface area contributed by atoms with Crippen molar-refractivity contribution in [3.63, 3.8) is 0 Å². The minimum absolute atomic E-state index is 0.0976. The van der Waals surface area contributed by atoms with Crippen molar-refractivity contribution < 1.29 is 13.6 Å². The second-order valence-corrected chi connectivity index (χ2v) is 8.55. The number of rotatable bonds is 4. The Balaban J connectivity index is 1.34. The molecular formula is C24H19N7O3. The molecule has 5 heterocycles. The predicted octanol–water partition coefficient (Wildman–Crippen LogP) is 3.66. The van der Waals surface area contributed by atoms with Crippen LogP contribution in [0.2, 0.25) is 0 Å². The molecule has 1 saturated carbocycles. The first-order chi connectivity index (χ1) is 16.8. The molecule has 168 valence electrons. The molecule has 34 heavy (non-hydrogen) atoms. The van der Waals surface area contributed by atoms with Crippen molar-refractivity contribution in [2.24, 2.45) is 0 Å². The Labute approximate surface area is 193 Å². The second kappa shape index (κ2) is 7.34. The Morgan fingerprint density at radius 3 is 2.74 bits per heavy atom. The Morgan fingerprint density at radius 1 is 1.03 bits per heavy atom. The van der Waals surface area contributed by atoms with E-state index in [1.807, 2.05) is 18.2 Å². The van der Waals surface area contributed by atoms with Gasteiger partial charge in [-0.3, -0.25) is 4.79 Å². The lowest BCUT2D eigenvalue weighted by molar-refractivity contribution is 0.0631. The normalized spacial score (nSPS) is 17.8. The number of furan rings is 1. The predicted molar refractivity (Wildman–Crippen MR) is 119 cm³/mol. The number of aromatic nitrogens is 6. The van der Waals surface area contributed by atoms with Crippen LogP contribution in [0.3, 0.4) is 0 Å². The highest BCUT2D eigenvalue weighted by Gasteiger charge is 2.42. The molecule has 1 amide bonds. The number of hydrogen-bond donors (Lipinski definition) is 1. The first-order valence-electron chi connectivity index (χ1n) is 11.2. The summed E-state index contributed by atoms with van der Waals surface area (Å²) in [6.07, 6.45) is 7.68.